The number of carbonyl (C=O) groups excluding carboxylic acids is 1. The van der Waals surface area contributed by atoms with E-state index < -0.39 is 11.7 Å². The van der Waals surface area contributed by atoms with Gasteiger partial charge in [0.05, 0.1) is 47.1 Å². The van der Waals surface area contributed by atoms with Crippen molar-refractivity contribution < 1.29 is 27.4 Å². The van der Waals surface area contributed by atoms with Crippen molar-refractivity contribution in [3.05, 3.63) is 52.6 Å². The van der Waals surface area contributed by atoms with E-state index in [0.717, 1.165) is 17.8 Å². The summed E-state index contributed by atoms with van der Waals surface area (Å²) in [5.74, 6) is 0.979. The molecule has 2 aromatic heterocycles. The molecule has 2 heterocycles. The number of hydrogen-bond donors (Lipinski definition) is 0. The number of pyridine rings is 1. The Bertz CT molecular complexity index is 1080. The molecule has 10 heteroatoms. The molecule has 0 N–H and O–H groups in total. The lowest BCUT2D eigenvalue weighted by atomic mass is 10.2. The van der Waals surface area contributed by atoms with Crippen molar-refractivity contribution in [1.29, 1.82) is 0 Å². The van der Waals surface area contributed by atoms with Crippen LogP contribution >= 0.6 is 11.6 Å². The van der Waals surface area contributed by atoms with E-state index in [1.807, 2.05) is 4.57 Å². The predicted molar refractivity (Wildman–Crippen MR) is 109 cm³/mol. The summed E-state index contributed by atoms with van der Waals surface area (Å²) in [6.45, 7) is 4.38. The molecule has 0 bridgehead atoms. The number of ether oxygens (including phenoxy) is 2. The van der Waals surface area contributed by atoms with Crippen molar-refractivity contribution in [2.24, 2.45) is 0 Å². The lowest BCUT2D eigenvalue weighted by Gasteiger charge is -2.12. The molecule has 1 aromatic carbocycles. The monoisotopic (exact) mass is 455 g/mol. The average Bonchev–Trinajstić information content (AvgIpc) is 3.01. The Balaban J connectivity index is 1.76. The summed E-state index contributed by atoms with van der Waals surface area (Å²) in [5.41, 5.74) is 0.849. The first kappa shape index (κ1) is 22.9. The van der Waals surface area contributed by atoms with Gasteiger partial charge in [-0.3, -0.25) is 9.78 Å². The van der Waals surface area contributed by atoms with E-state index >= 15 is 0 Å². The molecular formula is C21H21ClF3N3O3. The number of fused-ring (bicyclic) bond motifs is 1. The molecule has 0 spiro atoms. The van der Waals surface area contributed by atoms with Crippen molar-refractivity contribution in [1.82, 2.24) is 14.5 Å². The van der Waals surface area contributed by atoms with Gasteiger partial charge in [-0.25, -0.2) is 4.98 Å². The molecule has 6 nitrogen and oxygen atoms in total. The molecule has 166 valence electrons. The van der Waals surface area contributed by atoms with Crippen LogP contribution in [0.5, 0.6) is 5.75 Å². The van der Waals surface area contributed by atoms with Crippen molar-refractivity contribution in [2.75, 3.05) is 13.2 Å². The maximum Gasteiger partial charge on any atom is 0.417 e. The quantitative estimate of drug-likeness (QED) is 0.346. The highest BCUT2D eigenvalue weighted by Crippen LogP contribution is 2.32. The van der Waals surface area contributed by atoms with Crippen molar-refractivity contribution in [3.8, 4) is 5.75 Å². The van der Waals surface area contributed by atoms with E-state index in [9.17, 15) is 18.0 Å². The molecule has 0 unspecified atom stereocenters. The third-order valence-corrected chi connectivity index (χ3v) is 4.89. The van der Waals surface area contributed by atoms with E-state index in [1.54, 1.807) is 32.0 Å². The Kier molecular flexibility index (Phi) is 7.04. The molecule has 0 saturated carbocycles. The van der Waals surface area contributed by atoms with E-state index in [2.05, 4.69) is 9.97 Å². The third-order valence-electron chi connectivity index (χ3n) is 4.56. The molecule has 31 heavy (non-hydrogen) atoms. The number of nitrogens with zero attached hydrogens (tertiary/aromatic N) is 3. The smallest absolute Gasteiger partial charge is 0.417 e. The van der Waals surface area contributed by atoms with Crippen LogP contribution in [0.4, 0.5) is 13.2 Å². The van der Waals surface area contributed by atoms with Gasteiger partial charge in [0.1, 0.15) is 11.6 Å². The van der Waals surface area contributed by atoms with Gasteiger partial charge in [-0.05, 0) is 38.5 Å². The first-order chi connectivity index (χ1) is 14.7. The number of alkyl halides is 3. The topological polar surface area (TPSA) is 66.2 Å². The fraction of sp³-hybridized carbons (Fsp3) is 0.381. The summed E-state index contributed by atoms with van der Waals surface area (Å²) in [6.07, 6.45) is -2.95. The number of hydrogen-bond acceptors (Lipinski definition) is 5. The molecule has 0 aliphatic carbocycles. The van der Waals surface area contributed by atoms with Crippen LogP contribution in [-0.2, 0) is 22.3 Å². The zero-order valence-corrected chi connectivity index (χ0v) is 17.8. The van der Waals surface area contributed by atoms with Crippen molar-refractivity contribution in [2.45, 2.75) is 39.4 Å². The van der Waals surface area contributed by atoms with Crippen LogP contribution < -0.4 is 4.74 Å². The number of carbonyl (C=O) groups is 1. The van der Waals surface area contributed by atoms with Gasteiger partial charge >= 0.3 is 12.1 Å². The molecule has 0 atom stereocenters. The van der Waals surface area contributed by atoms with E-state index in [4.69, 9.17) is 21.1 Å². The van der Waals surface area contributed by atoms with Gasteiger partial charge in [-0.1, -0.05) is 11.6 Å². The normalized spacial score (nSPS) is 11.7. The fourth-order valence-corrected chi connectivity index (χ4v) is 3.27. The van der Waals surface area contributed by atoms with E-state index in [0.29, 0.717) is 42.4 Å². The minimum Gasteiger partial charge on any atom is -0.494 e. The average molecular weight is 456 g/mol. The number of rotatable bonds is 8. The van der Waals surface area contributed by atoms with Crippen LogP contribution in [0.3, 0.4) is 0 Å². The maximum absolute atomic E-state index is 12.9. The summed E-state index contributed by atoms with van der Waals surface area (Å²) in [5, 5.41) is -0.0672. The molecule has 0 aliphatic heterocycles. The summed E-state index contributed by atoms with van der Waals surface area (Å²) in [7, 11) is 0. The molecule has 0 amide bonds. The number of imidazole rings is 1. The van der Waals surface area contributed by atoms with Crippen LogP contribution in [0.1, 0.15) is 36.8 Å². The van der Waals surface area contributed by atoms with Gasteiger partial charge in [0.2, 0.25) is 0 Å². The number of esters is 1. The molecule has 0 saturated heterocycles. The van der Waals surface area contributed by atoms with Gasteiger partial charge < -0.3 is 14.0 Å². The van der Waals surface area contributed by atoms with Gasteiger partial charge in [0.25, 0.3) is 0 Å². The predicted octanol–water partition coefficient (Wildman–Crippen LogP) is 5.18. The first-order valence-electron chi connectivity index (χ1n) is 9.66. The lowest BCUT2D eigenvalue weighted by Crippen LogP contribution is -2.09. The van der Waals surface area contributed by atoms with Crippen LogP contribution in [0.15, 0.2) is 30.5 Å². The Hall–Kier alpha value is -2.81. The minimum absolute atomic E-state index is 0.0672. The van der Waals surface area contributed by atoms with E-state index in [1.165, 1.54) is 0 Å². The maximum atomic E-state index is 12.9. The Labute approximate surface area is 182 Å². The second-order valence-electron chi connectivity index (χ2n) is 6.80. The lowest BCUT2D eigenvalue weighted by molar-refractivity contribution is -0.143. The number of aromatic nitrogens is 3. The zero-order valence-electron chi connectivity index (χ0n) is 17.0. The number of halogens is 4. The molecule has 3 rings (SSSR count). The standard InChI is InChI=1S/C21H21ClF3N3O3/c1-3-30-20(29)5-4-8-31-15-6-7-17-19(10-15)28(13(2)27-17)12-18-16(22)9-14(11-26-18)21(23,24)25/h6-7,9-11H,3-5,8,12H2,1-2H3. The Morgan fingerprint density at radius 3 is 2.71 bits per heavy atom. The van der Waals surface area contributed by atoms with Crippen LogP contribution in [-0.4, -0.2) is 33.7 Å². The second-order valence-corrected chi connectivity index (χ2v) is 7.21. The Morgan fingerprint density at radius 1 is 1.26 bits per heavy atom. The summed E-state index contributed by atoms with van der Waals surface area (Å²) in [6, 6.07) is 6.22. The number of aryl methyl sites for hydroxylation is 1. The van der Waals surface area contributed by atoms with Gasteiger partial charge in [0.15, 0.2) is 0 Å². The summed E-state index contributed by atoms with van der Waals surface area (Å²) in [4.78, 5) is 19.8. The minimum atomic E-state index is -4.51. The van der Waals surface area contributed by atoms with Crippen molar-refractivity contribution >= 4 is 28.6 Å². The van der Waals surface area contributed by atoms with Crippen molar-refractivity contribution in [3.63, 3.8) is 0 Å². The summed E-state index contributed by atoms with van der Waals surface area (Å²) < 4.78 is 51.0. The molecular weight excluding hydrogens is 435 g/mol. The zero-order chi connectivity index (χ0) is 22.6. The van der Waals surface area contributed by atoms with Crippen LogP contribution in [0.25, 0.3) is 11.0 Å². The summed E-state index contributed by atoms with van der Waals surface area (Å²) >= 11 is 6.06. The molecule has 0 fully saturated rings. The molecule has 0 aliphatic rings. The van der Waals surface area contributed by atoms with Gasteiger partial charge in [0, 0.05) is 18.7 Å². The fourth-order valence-electron chi connectivity index (χ4n) is 3.04. The number of benzene rings is 1. The highest BCUT2D eigenvalue weighted by atomic mass is 35.5. The van der Waals surface area contributed by atoms with Gasteiger partial charge in [-0.15, -0.1) is 0 Å². The van der Waals surface area contributed by atoms with Gasteiger partial charge in [-0.2, -0.15) is 13.2 Å². The van der Waals surface area contributed by atoms with Crippen LogP contribution in [0, 0.1) is 6.92 Å². The largest absolute Gasteiger partial charge is 0.494 e. The van der Waals surface area contributed by atoms with E-state index in [-0.39, 0.29) is 24.0 Å². The second kappa shape index (κ2) is 9.55. The SMILES string of the molecule is CCOC(=O)CCCOc1ccc2nc(C)n(Cc3ncc(C(F)(F)F)cc3Cl)c2c1. The molecule has 3 aromatic rings. The third kappa shape index (κ3) is 5.66. The first-order valence-corrected chi connectivity index (χ1v) is 10.0. The van der Waals surface area contributed by atoms with Crippen LogP contribution in [0.2, 0.25) is 5.02 Å². The highest BCUT2D eigenvalue weighted by molar-refractivity contribution is 6.31. The highest BCUT2D eigenvalue weighted by Gasteiger charge is 2.31. The molecule has 0 radical (unpaired) electrons. The Morgan fingerprint density at radius 2 is 2.03 bits per heavy atom.